The number of fused-ring (bicyclic) bond motifs is 3. The fourth-order valence-corrected chi connectivity index (χ4v) is 4.65. The van der Waals surface area contributed by atoms with Crippen LogP contribution in [0.25, 0.3) is 22.4 Å². The summed E-state index contributed by atoms with van der Waals surface area (Å²) in [5, 5.41) is 12.4. The highest BCUT2D eigenvalue weighted by atomic mass is 32.2. The highest BCUT2D eigenvalue weighted by Gasteiger charge is 2.19. The number of anilines is 1. The van der Waals surface area contributed by atoms with E-state index in [0.717, 1.165) is 16.8 Å². The standard InChI is InChI=1S/C25H20FN5O2S/c1-15-7-12-20(16(2)13-15)30-23(33)19-5-3-4-6-21(19)31-24(30)28-29-25(31)34-14-22(32)27-18-10-8-17(26)9-11-18/h3-13H,14H2,1-2H3,(H,27,32). The molecule has 2 aromatic heterocycles. The zero-order valence-corrected chi connectivity index (χ0v) is 19.3. The van der Waals surface area contributed by atoms with Crippen molar-refractivity contribution in [2.24, 2.45) is 0 Å². The van der Waals surface area contributed by atoms with Crippen molar-refractivity contribution in [1.29, 1.82) is 0 Å². The van der Waals surface area contributed by atoms with Crippen LogP contribution in [0.5, 0.6) is 0 Å². The number of hydrogen-bond donors (Lipinski definition) is 1. The van der Waals surface area contributed by atoms with Gasteiger partial charge in [0.15, 0.2) is 5.16 Å². The van der Waals surface area contributed by atoms with Crippen molar-refractivity contribution < 1.29 is 9.18 Å². The van der Waals surface area contributed by atoms with Crippen LogP contribution in [-0.4, -0.2) is 30.8 Å². The number of aryl methyl sites for hydroxylation is 2. The van der Waals surface area contributed by atoms with E-state index in [9.17, 15) is 14.0 Å². The molecule has 3 aromatic carbocycles. The first-order chi connectivity index (χ1) is 16.4. The minimum absolute atomic E-state index is 0.0647. The Morgan fingerprint density at radius 1 is 1.03 bits per heavy atom. The van der Waals surface area contributed by atoms with E-state index in [2.05, 4.69) is 15.5 Å². The molecule has 1 amide bonds. The zero-order valence-electron chi connectivity index (χ0n) is 18.4. The molecule has 7 nitrogen and oxygen atoms in total. The van der Waals surface area contributed by atoms with Crippen LogP contribution >= 0.6 is 11.8 Å². The minimum Gasteiger partial charge on any atom is -0.325 e. The Labute approximate surface area is 198 Å². The van der Waals surface area contributed by atoms with E-state index in [1.54, 1.807) is 15.0 Å². The molecule has 170 valence electrons. The second-order valence-electron chi connectivity index (χ2n) is 7.91. The summed E-state index contributed by atoms with van der Waals surface area (Å²) in [4.78, 5) is 25.9. The van der Waals surface area contributed by atoms with E-state index in [1.807, 2.05) is 50.2 Å². The summed E-state index contributed by atoms with van der Waals surface area (Å²) in [7, 11) is 0. The molecule has 5 aromatic rings. The predicted octanol–water partition coefficient (Wildman–Crippen LogP) is 4.52. The van der Waals surface area contributed by atoms with Crippen molar-refractivity contribution >= 4 is 40.0 Å². The third-order valence-electron chi connectivity index (χ3n) is 5.45. The molecule has 0 fully saturated rings. The number of thioether (sulfide) groups is 1. The predicted molar refractivity (Wildman–Crippen MR) is 131 cm³/mol. The first-order valence-corrected chi connectivity index (χ1v) is 11.6. The Morgan fingerprint density at radius 2 is 1.79 bits per heavy atom. The van der Waals surface area contributed by atoms with Crippen LogP contribution in [0.1, 0.15) is 11.1 Å². The van der Waals surface area contributed by atoms with E-state index in [-0.39, 0.29) is 23.0 Å². The number of amides is 1. The number of carbonyl (C=O) groups is 1. The molecule has 5 rings (SSSR count). The second-order valence-corrected chi connectivity index (χ2v) is 8.85. The average molecular weight is 474 g/mol. The third kappa shape index (κ3) is 3.94. The lowest BCUT2D eigenvalue weighted by Crippen LogP contribution is -2.22. The molecule has 0 saturated heterocycles. The van der Waals surface area contributed by atoms with Crippen molar-refractivity contribution in [2.45, 2.75) is 19.0 Å². The molecule has 0 spiro atoms. The van der Waals surface area contributed by atoms with Crippen molar-refractivity contribution in [1.82, 2.24) is 19.2 Å². The Hall–Kier alpha value is -3.98. The van der Waals surface area contributed by atoms with E-state index >= 15 is 0 Å². The van der Waals surface area contributed by atoms with Gasteiger partial charge in [0, 0.05) is 5.69 Å². The van der Waals surface area contributed by atoms with Gasteiger partial charge >= 0.3 is 0 Å². The first kappa shape index (κ1) is 21.8. The van der Waals surface area contributed by atoms with Crippen LogP contribution in [-0.2, 0) is 4.79 Å². The van der Waals surface area contributed by atoms with E-state index in [4.69, 9.17) is 0 Å². The van der Waals surface area contributed by atoms with Gasteiger partial charge in [-0.15, -0.1) is 10.2 Å². The quantitative estimate of drug-likeness (QED) is 0.380. The summed E-state index contributed by atoms with van der Waals surface area (Å²) >= 11 is 1.21. The number of benzene rings is 3. The topological polar surface area (TPSA) is 81.3 Å². The molecular formula is C25H20FN5O2S. The number of nitrogens with one attached hydrogen (secondary N) is 1. The number of nitrogens with zero attached hydrogens (tertiary/aromatic N) is 4. The Morgan fingerprint density at radius 3 is 2.56 bits per heavy atom. The smallest absolute Gasteiger partial charge is 0.267 e. The Bertz CT molecular complexity index is 1610. The monoisotopic (exact) mass is 473 g/mol. The van der Waals surface area contributed by atoms with Crippen LogP contribution in [0.4, 0.5) is 10.1 Å². The van der Waals surface area contributed by atoms with Gasteiger partial charge < -0.3 is 5.32 Å². The number of halogens is 1. The normalized spacial score (nSPS) is 11.3. The summed E-state index contributed by atoms with van der Waals surface area (Å²) in [6.45, 7) is 3.95. The van der Waals surface area contributed by atoms with Gasteiger partial charge in [0.1, 0.15) is 5.82 Å². The molecule has 0 aliphatic heterocycles. The Balaban J connectivity index is 1.56. The summed E-state index contributed by atoms with van der Waals surface area (Å²) in [6, 6.07) is 18.7. The van der Waals surface area contributed by atoms with Gasteiger partial charge in [-0.2, -0.15) is 0 Å². The molecule has 0 aliphatic rings. The number of aromatic nitrogens is 4. The third-order valence-corrected chi connectivity index (χ3v) is 6.38. The molecule has 0 atom stereocenters. The van der Waals surface area contributed by atoms with Crippen LogP contribution in [0.2, 0.25) is 0 Å². The molecule has 2 heterocycles. The maximum atomic E-state index is 13.5. The van der Waals surface area contributed by atoms with Crippen molar-refractivity contribution in [3.8, 4) is 5.69 Å². The number of rotatable bonds is 5. The first-order valence-electron chi connectivity index (χ1n) is 10.6. The van der Waals surface area contributed by atoms with E-state index in [1.165, 1.54) is 36.0 Å². The maximum absolute atomic E-state index is 13.5. The van der Waals surface area contributed by atoms with Crippen LogP contribution in [0.3, 0.4) is 0 Å². The summed E-state index contributed by atoms with van der Waals surface area (Å²) in [5.74, 6) is -0.198. The maximum Gasteiger partial charge on any atom is 0.267 e. The average Bonchev–Trinajstić information content (AvgIpc) is 3.24. The van der Waals surface area contributed by atoms with Gasteiger partial charge in [-0.05, 0) is 61.9 Å². The minimum atomic E-state index is -0.371. The molecule has 0 radical (unpaired) electrons. The van der Waals surface area contributed by atoms with Crippen molar-refractivity contribution in [3.05, 3.63) is 94.0 Å². The highest BCUT2D eigenvalue weighted by molar-refractivity contribution is 7.99. The molecule has 0 aliphatic carbocycles. The Kier molecular flexibility index (Phi) is 5.62. The largest absolute Gasteiger partial charge is 0.325 e. The lowest BCUT2D eigenvalue weighted by Gasteiger charge is -2.13. The summed E-state index contributed by atoms with van der Waals surface area (Å²) in [5.41, 5.74) is 3.74. The fourth-order valence-electron chi connectivity index (χ4n) is 3.91. The van der Waals surface area contributed by atoms with Crippen LogP contribution in [0.15, 0.2) is 76.7 Å². The molecule has 0 saturated carbocycles. The van der Waals surface area contributed by atoms with Gasteiger partial charge in [-0.3, -0.25) is 14.0 Å². The highest BCUT2D eigenvalue weighted by Crippen LogP contribution is 2.24. The van der Waals surface area contributed by atoms with Gasteiger partial charge in [0.2, 0.25) is 11.7 Å². The summed E-state index contributed by atoms with van der Waals surface area (Å²) < 4.78 is 16.5. The second kappa shape index (κ2) is 8.75. The fraction of sp³-hybridized carbons (Fsp3) is 0.120. The van der Waals surface area contributed by atoms with Crippen LogP contribution < -0.4 is 10.9 Å². The molecule has 0 unspecified atom stereocenters. The number of carbonyl (C=O) groups excluding carboxylic acids is 1. The van der Waals surface area contributed by atoms with E-state index < -0.39 is 0 Å². The van der Waals surface area contributed by atoms with Crippen molar-refractivity contribution in [3.63, 3.8) is 0 Å². The van der Waals surface area contributed by atoms with Crippen molar-refractivity contribution in [2.75, 3.05) is 11.1 Å². The summed E-state index contributed by atoms with van der Waals surface area (Å²) in [6.07, 6.45) is 0. The molecular weight excluding hydrogens is 453 g/mol. The van der Waals surface area contributed by atoms with Gasteiger partial charge in [0.05, 0.1) is 22.3 Å². The number of hydrogen-bond acceptors (Lipinski definition) is 5. The lowest BCUT2D eigenvalue weighted by atomic mass is 10.1. The van der Waals surface area contributed by atoms with Gasteiger partial charge in [0.25, 0.3) is 5.56 Å². The molecule has 1 N–H and O–H groups in total. The van der Waals surface area contributed by atoms with Gasteiger partial charge in [-0.25, -0.2) is 8.96 Å². The molecule has 34 heavy (non-hydrogen) atoms. The molecule has 9 heteroatoms. The van der Waals surface area contributed by atoms with E-state index in [0.29, 0.717) is 27.5 Å². The zero-order chi connectivity index (χ0) is 23.8. The molecule has 0 bridgehead atoms. The van der Waals surface area contributed by atoms with Crippen LogP contribution in [0, 0.1) is 19.7 Å². The SMILES string of the molecule is Cc1ccc(-n2c(=O)c3ccccc3n3c(SCC(=O)Nc4ccc(F)cc4)nnc23)c(C)c1. The van der Waals surface area contributed by atoms with Gasteiger partial charge in [-0.1, -0.05) is 41.6 Å². The number of para-hydroxylation sites is 1. The lowest BCUT2D eigenvalue weighted by molar-refractivity contribution is -0.113.